The van der Waals surface area contributed by atoms with Gasteiger partial charge >= 0.3 is 0 Å². The molecule has 3 heteroatoms. The first kappa shape index (κ1) is 7.90. The predicted molar refractivity (Wildman–Crippen MR) is 48.2 cm³/mol. The molecule has 1 unspecified atom stereocenters. The second-order valence-electron chi connectivity index (χ2n) is 3.71. The van der Waals surface area contributed by atoms with Gasteiger partial charge in [-0.1, -0.05) is 6.92 Å². The molecule has 0 aliphatic carbocycles. The Kier molecular flexibility index (Phi) is 2.19. The maximum atomic E-state index is 5.42. The van der Waals surface area contributed by atoms with Crippen LogP contribution in [0.2, 0.25) is 0 Å². The number of piperidine rings is 1. The Bertz CT molecular complexity index is 191. The van der Waals surface area contributed by atoms with E-state index in [4.69, 9.17) is 4.74 Å². The highest BCUT2D eigenvalue weighted by Gasteiger charge is 2.22. The number of amidine groups is 1. The highest BCUT2D eigenvalue weighted by molar-refractivity contribution is 5.75. The summed E-state index contributed by atoms with van der Waals surface area (Å²) >= 11 is 0. The van der Waals surface area contributed by atoms with Gasteiger partial charge in [-0.15, -0.1) is 0 Å². The molecule has 3 nitrogen and oxygen atoms in total. The standard InChI is InChI=1S/C9H16N2O/c1-8-3-2-5-11(7-8)9-10-4-6-12-9/h8H,2-7H2,1H3. The molecule has 2 aliphatic heterocycles. The number of ether oxygens (including phenoxy) is 1. The summed E-state index contributed by atoms with van der Waals surface area (Å²) in [7, 11) is 0. The third kappa shape index (κ3) is 1.54. The normalized spacial score (nSPS) is 29.9. The predicted octanol–water partition coefficient (Wildman–Crippen LogP) is 1.10. The van der Waals surface area contributed by atoms with E-state index in [9.17, 15) is 0 Å². The van der Waals surface area contributed by atoms with Crippen molar-refractivity contribution in [1.29, 1.82) is 0 Å². The van der Waals surface area contributed by atoms with Crippen LogP contribution in [0.25, 0.3) is 0 Å². The van der Waals surface area contributed by atoms with E-state index in [2.05, 4.69) is 16.8 Å². The van der Waals surface area contributed by atoms with Gasteiger partial charge in [0.2, 0.25) is 0 Å². The van der Waals surface area contributed by atoms with Gasteiger partial charge in [-0.3, -0.25) is 0 Å². The zero-order valence-electron chi connectivity index (χ0n) is 7.62. The summed E-state index contributed by atoms with van der Waals surface area (Å²) in [4.78, 5) is 6.59. The molecule has 1 saturated heterocycles. The first-order valence-corrected chi connectivity index (χ1v) is 4.78. The summed E-state index contributed by atoms with van der Waals surface area (Å²) in [5.74, 6) is 0.797. The first-order chi connectivity index (χ1) is 5.86. The summed E-state index contributed by atoms with van der Waals surface area (Å²) in [6.45, 7) is 6.17. The van der Waals surface area contributed by atoms with Gasteiger partial charge in [0.25, 0.3) is 6.02 Å². The molecule has 0 saturated carbocycles. The van der Waals surface area contributed by atoms with Crippen LogP contribution in [-0.2, 0) is 4.74 Å². The smallest absolute Gasteiger partial charge is 0.287 e. The van der Waals surface area contributed by atoms with Gasteiger partial charge in [-0.2, -0.15) is 0 Å². The van der Waals surface area contributed by atoms with E-state index in [1.165, 1.54) is 12.8 Å². The lowest BCUT2D eigenvalue weighted by atomic mass is 10.0. The van der Waals surface area contributed by atoms with E-state index in [0.717, 1.165) is 38.2 Å². The second-order valence-corrected chi connectivity index (χ2v) is 3.71. The van der Waals surface area contributed by atoms with Crippen LogP contribution in [0.5, 0.6) is 0 Å². The van der Waals surface area contributed by atoms with Crippen LogP contribution in [0.1, 0.15) is 19.8 Å². The Hall–Kier alpha value is -0.730. The van der Waals surface area contributed by atoms with Crippen LogP contribution >= 0.6 is 0 Å². The van der Waals surface area contributed by atoms with Gasteiger partial charge in [-0.05, 0) is 18.8 Å². The van der Waals surface area contributed by atoms with Crippen LogP contribution in [0, 0.1) is 5.92 Å². The van der Waals surface area contributed by atoms with Crippen molar-refractivity contribution in [3.8, 4) is 0 Å². The van der Waals surface area contributed by atoms with Crippen LogP contribution in [0.3, 0.4) is 0 Å². The zero-order chi connectivity index (χ0) is 8.39. The molecule has 2 rings (SSSR count). The Labute approximate surface area is 73.4 Å². The molecule has 12 heavy (non-hydrogen) atoms. The maximum Gasteiger partial charge on any atom is 0.287 e. The van der Waals surface area contributed by atoms with Gasteiger partial charge < -0.3 is 9.64 Å². The lowest BCUT2D eigenvalue weighted by Gasteiger charge is -2.31. The molecule has 0 spiro atoms. The molecule has 68 valence electrons. The SMILES string of the molecule is CC1CCCN(C2=NCCO2)C1. The second kappa shape index (κ2) is 3.33. The molecule has 0 bridgehead atoms. The number of rotatable bonds is 0. The van der Waals surface area contributed by atoms with Gasteiger partial charge in [0.15, 0.2) is 0 Å². The van der Waals surface area contributed by atoms with Gasteiger partial charge in [0.05, 0.1) is 6.54 Å². The largest absolute Gasteiger partial charge is 0.463 e. The molecule has 0 aromatic carbocycles. The molecular formula is C9H16N2O. The van der Waals surface area contributed by atoms with E-state index < -0.39 is 0 Å². The molecule has 1 fully saturated rings. The Balaban J connectivity index is 1.94. The average Bonchev–Trinajstić information content (AvgIpc) is 2.56. The van der Waals surface area contributed by atoms with Crippen molar-refractivity contribution in [2.75, 3.05) is 26.2 Å². The number of aliphatic imine (C=N–C) groups is 1. The van der Waals surface area contributed by atoms with Crippen LogP contribution in [0.4, 0.5) is 0 Å². The highest BCUT2D eigenvalue weighted by atomic mass is 16.5. The van der Waals surface area contributed by atoms with Crippen molar-refractivity contribution < 1.29 is 4.74 Å². The van der Waals surface area contributed by atoms with E-state index in [0.29, 0.717) is 0 Å². The average molecular weight is 168 g/mol. The number of likely N-dealkylation sites (tertiary alicyclic amines) is 1. The number of hydrogen-bond donors (Lipinski definition) is 0. The van der Waals surface area contributed by atoms with E-state index in [1.54, 1.807) is 0 Å². The molecule has 1 atom stereocenters. The maximum absolute atomic E-state index is 5.42. The van der Waals surface area contributed by atoms with Crippen molar-refractivity contribution in [3.63, 3.8) is 0 Å². The molecule has 0 amide bonds. The topological polar surface area (TPSA) is 24.8 Å². The van der Waals surface area contributed by atoms with Crippen molar-refractivity contribution in [2.45, 2.75) is 19.8 Å². The van der Waals surface area contributed by atoms with Crippen molar-refractivity contribution in [3.05, 3.63) is 0 Å². The minimum atomic E-state index is 0.778. The monoisotopic (exact) mass is 168 g/mol. The molecule has 2 heterocycles. The summed E-state index contributed by atoms with van der Waals surface area (Å²) in [5.41, 5.74) is 0. The highest BCUT2D eigenvalue weighted by Crippen LogP contribution is 2.17. The minimum absolute atomic E-state index is 0.778. The van der Waals surface area contributed by atoms with Gasteiger partial charge in [-0.25, -0.2) is 4.99 Å². The summed E-state index contributed by atoms with van der Waals surface area (Å²) in [5, 5.41) is 0. The number of hydrogen-bond acceptors (Lipinski definition) is 3. The van der Waals surface area contributed by atoms with Crippen molar-refractivity contribution >= 4 is 6.02 Å². The fourth-order valence-electron chi connectivity index (χ4n) is 1.88. The van der Waals surface area contributed by atoms with Crippen molar-refractivity contribution in [1.82, 2.24) is 4.90 Å². The van der Waals surface area contributed by atoms with Crippen molar-refractivity contribution in [2.24, 2.45) is 10.9 Å². The van der Waals surface area contributed by atoms with Crippen LogP contribution in [0.15, 0.2) is 4.99 Å². The van der Waals surface area contributed by atoms with Crippen LogP contribution in [-0.4, -0.2) is 37.2 Å². The fourth-order valence-corrected chi connectivity index (χ4v) is 1.88. The van der Waals surface area contributed by atoms with E-state index in [-0.39, 0.29) is 0 Å². The molecule has 0 radical (unpaired) electrons. The van der Waals surface area contributed by atoms with E-state index >= 15 is 0 Å². The summed E-state index contributed by atoms with van der Waals surface area (Å²) in [6, 6.07) is 0.890. The number of nitrogens with zero attached hydrogens (tertiary/aromatic N) is 2. The molecule has 0 aromatic rings. The van der Waals surface area contributed by atoms with E-state index in [1.807, 2.05) is 0 Å². The lowest BCUT2D eigenvalue weighted by molar-refractivity contribution is 0.209. The Morgan fingerprint density at radius 1 is 1.58 bits per heavy atom. The quantitative estimate of drug-likeness (QED) is 0.541. The zero-order valence-corrected chi connectivity index (χ0v) is 7.62. The van der Waals surface area contributed by atoms with Gasteiger partial charge in [0, 0.05) is 13.1 Å². The summed E-state index contributed by atoms with van der Waals surface area (Å²) < 4.78 is 5.42. The molecule has 0 aromatic heterocycles. The Morgan fingerprint density at radius 2 is 2.50 bits per heavy atom. The van der Waals surface area contributed by atoms with Crippen LogP contribution < -0.4 is 0 Å². The fraction of sp³-hybridized carbons (Fsp3) is 0.889. The third-order valence-corrected chi connectivity index (χ3v) is 2.50. The summed E-state index contributed by atoms with van der Waals surface area (Å²) in [6.07, 6.45) is 2.63. The first-order valence-electron chi connectivity index (χ1n) is 4.78. The lowest BCUT2D eigenvalue weighted by Crippen LogP contribution is -2.39. The molecule has 0 N–H and O–H groups in total. The third-order valence-electron chi connectivity index (χ3n) is 2.50. The van der Waals surface area contributed by atoms with Gasteiger partial charge in [0.1, 0.15) is 6.61 Å². The minimum Gasteiger partial charge on any atom is -0.463 e. The molecular weight excluding hydrogens is 152 g/mol. The molecule has 2 aliphatic rings. The Morgan fingerprint density at radius 3 is 3.17 bits per heavy atom.